The zero-order chi connectivity index (χ0) is 24.6. The number of carbonyl (C=O) groups excluding carboxylic acids is 1. The zero-order valence-electron chi connectivity index (χ0n) is 18.4. The van der Waals surface area contributed by atoms with E-state index < -0.39 is 17.8 Å². The number of amides is 1. The van der Waals surface area contributed by atoms with Crippen molar-refractivity contribution < 1.29 is 27.4 Å². The largest absolute Gasteiger partial charge is 0.491 e. The van der Waals surface area contributed by atoms with Crippen LogP contribution in [0.1, 0.15) is 16.1 Å². The summed E-state index contributed by atoms with van der Waals surface area (Å²) in [6.45, 7) is 0.131. The van der Waals surface area contributed by atoms with Crippen molar-refractivity contribution in [2.24, 2.45) is 7.05 Å². The highest BCUT2D eigenvalue weighted by molar-refractivity contribution is 6.08. The molecule has 4 heterocycles. The summed E-state index contributed by atoms with van der Waals surface area (Å²) in [5.74, 6) is 0.492. The van der Waals surface area contributed by atoms with Crippen molar-refractivity contribution in [3.05, 3.63) is 78.4 Å². The minimum atomic E-state index is -4.63. The van der Waals surface area contributed by atoms with Crippen LogP contribution in [0.2, 0.25) is 0 Å². The van der Waals surface area contributed by atoms with Gasteiger partial charge in [-0.05, 0) is 36.4 Å². The number of aryl methyl sites for hydroxylation is 1. The molecule has 0 bridgehead atoms. The van der Waals surface area contributed by atoms with E-state index in [2.05, 4.69) is 15.1 Å². The molecule has 35 heavy (non-hydrogen) atoms. The highest BCUT2D eigenvalue weighted by Crippen LogP contribution is 2.33. The average molecular weight is 481 g/mol. The van der Waals surface area contributed by atoms with E-state index in [1.54, 1.807) is 48.4 Å². The molecule has 1 aliphatic heterocycles. The van der Waals surface area contributed by atoms with Gasteiger partial charge in [0.15, 0.2) is 0 Å². The fourth-order valence-electron chi connectivity index (χ4n) is 3.63. The molecule has 0 unspecified atom stereocenters. The first-order valence-corrected chi connectivity index (χ1v) is 10.5. The summed E-state index contributed by atoms with van der Waals surface area (Å²) in [4.78, 5) is 22.4. The van der Waals surface area contributed by atoms with Gasteiger partial charge in [0, 0.05) is 31.1 Å². The number of ether oxygens (including phenoxy) is 2. The highest BCUT2D eigenvalue weighted by atomic mass is 19.4. The number of halogens is 3. The number of nitrogens with zero attached hydrogens (tertiary/aromatic N) is 5. The monoisotopic (exact) mass is 481 g/mol. The quantitative estimate of drug-likeness (QED) is 0.419. The molecule has 0 aliphatic carbocycles. The Bertz CT molecular complexity index is 1400. The molecule has 1 aromatic carbocycles. The number of carbonyl (C=O) groups is 1. The van der Waals surface area contributed by atoms with E-state index in [-0.39, 0.29) is 24.5 Å². The number of hydrogen-bond acceptors (Lipinski definition) is 6. The van der Waals surface area contributed by atoms with Crippen LogP contribution >= 0.6 is 0 Å². The molecule has 4 aromatic rings. The van der Waals surface area contributed by atoms with Gasteiger partial charge in [0.05, 0.1) is 24.0 Å². The lowest BCUT2D eigenvalue weighted by Gasteiger charge is -2.20. The van der Waals surface area contributed by atoms with Crippen LogP contribution in [0.4, 0.5) is 19.0 Å². The van der Waals surface area contributed by atoms with Crippen LogP contribution in [0.25, 0.3) is 11.3 Å². The Kier molecular flexibility index (Phi) is 5.59. The lowest BCUT2D eigenvalue weighted by Crippen LogP contribution is -2.33. The third-order valence-corrected chi connectivity index (χ3v) is 5.27. The normalized spacial score (nSPS) is 13.7. The van der Waals surface area contributed by atoms with Gasteiger partial charge in [-0.2, -0.15) is 18.3 Å². The summed E-state index contributed by atoms with van der Waals surface area (Å²) in [6.07, 6.45) is 0.470. The van der Waals surface area contributed by atoms with E-state index in [9.17, 15) is 18.0 Å². The molecule has 1 aliphatic rings. The maximum atomic E-state index is 13.3. The predicted molar refractivity (Wildman–Crippen MR) is 119 cm³/mol. The third kappa shape index (κ3) is 4.65. The van der Waals surface area contributed by atoms with Crippen molar-refractivity contribution in [2.45, 2.75) is 6.18 Å². The first-order chi connectivity index (χ1) is 16.8. The fourth-order valence-corrected chi connectivity index (χ4v) is 3.63. The van der Waals surface area contributed by atoms with Crippen LogP contribution in [0.5, 0.6) is 17.2 Å². The third-order valence-electron chi connectivity index (χ3n) is 5.27. The molecule has 0 spiro atoms. The van der Waals surface area contributed by atoms with Crippen LogP contribution in [0, 0.1) is 0 Å². The van der Waals surface area contributed by atoms with E-state index >= 15 is 0 Å². The highest BCUT2D eigenvalue weighted by Gasteiger charge is 2.34. The van der Waals surface area contributed by atoms with Crippen LogP contribution in [0.3, 0.4) is 0 Å². The van der Waals surface area contributed by atoms with Crippen molar-refractivity contribution in [3.8, 4) is 28.5 Å². The Morgan fingerprint density at radius 1 is 1.09 bits per heavy atom. The number of anilines is 1. The summed E-state index contributed by atoms with van der Waals surface area (Å²) in [5.41, 5.74) is 0.549. The SMILES string of the molecule is Cn1cc(-c2cc(Oc3ccc4c(c3)C(=O)N(c3cccc(C(F)(F)F)n3)CCO4)ccn2)cn1. The standard InChI is InChI=1S/C24H18F3N5O3/c1-31-14-15(13-29-31)19-12-17(7-8-28-19)35-16-5-6-20-18(11-16)23(33)32(9-10-34-20)22-4-2-3-21(30-22)24(25,26)27/h2-8,11-14H,9-10H2,1H3. The van der Waals surface area contributed by atoms with E-state index in [0.717, 1.165) is 16.5 Å². The molecule has 0 N–H and O–H groups in total. The minimum Gasteiger partial charge on any atom is -0.491 e. The second-order valence-corrected chi connectivity index (χ2v) is 7.72. The Morgan fingerprint density at radius 2 is 1.91 bits per heavy atom. The molecule has 0 atom stereocenters. The summed E-state index contributed by atoms with van der Waals surface area (Å²) in [7, 11) is 1.80. The predicted octanol–water partition coefficient (Wildman–Crippen LogP) is 4.73. The van der Waals surface area contributed by atoms with Gasteiger partial charge in [-0.25, -0.2) is 4.98 Å². The Balaban J connectivity index is 1.43. The smallest absolute Gasteiger partial charge is 0.433 e. The number of pyridine rings is 2. The first-order valence-electron chi connectivity index (χ1n) is 10.5. The second-order valence-electron chi connectivity index (χ2n) is 7.72. The summed E-state index contributed by atoms with van der Waals surface area (Å²) < 4.78 is 52.7. The lowest BCUT2D eigenvalue weighted by molar-refractivity contribution is -0.141. The molecule has 5 rings (SSSR count). The Hall–Kier alpha value is -4.41. The summed E-state index contributed by atoms with van der Waals surface area (Å²) >= 11 is 0. The van der Waals surface area contributed by atoms with Gasteiger partial charge in [0.1, 0.15) is 35.4 Å². The van der Waals surface area contributed by atoms with Crippen LogP contribution < -0.4 is 14.4 Å². The van der Waals surface area contributed by atoms with Crippen LogP contribution in [-0.2, 0) is 13.2 Å². The summed E-state index contributed by atoms with van der Waals surface area (Å²) in [6, 6.07) is 11.6. The first kappa shape index (κ1) is 22.4. The van der Waals surface area contributed by atoms with Crippen LogP contribution in [-0.4, -0.2) is 38.8 Å². The zero-order valence-corrected chi connectivity index (χ0v) is 18.4. The van der Waals surface area contributed by atoms with Gasteiger partial charge in [-0.3, -0.25) is 19.4 Å². The molecule has 8 nitrogen and oxygen atoms in total. The van der Waals surface area contributed by atoms with Gasteiger partial charge in [-0.1, -0.05) is 6.07 Å². The molecule has 0 saturated heterocycles. The van der Waals surface area contributed by atoms with Crippen molar-refractivity contribution in [1.29, 1.82) is 0 Å². The number of alkyl halides is 3. The van der Waals surface area contributed by atoms with Crippen molar-refractivity contribution in [2.75, 3.05) is 18.1 Å². The molecule has 0 saturated carbocycles. The number of aromatic nitrogens is 4. The maximum absolute atomic E-state index is 13.3. The number of rotatable bonds is 4. The maximum Gasteiger partial charge on any atom is 0.433 e. The molecule has 1 amide bonds. The average Bonchev–Trinajstić information content (AvgIpc) is 3.21. The molecular formula is C24H18F3N5O3. The van der Waals surface area contributed by atoms with Crippen molar-refractivity contribution in [1.82, 2.24) is 19.7 Å². The Labute approximate surface area is 197 Å². The number of fused-ring (bicyclic) bond motifs is 1. The van der Waals surface area contributed by atoms with Gasteiger partial charge < -0.3 is 9.47 Å². The molecule has 11 heteroatoms. The second kappa shape index (κ2) is 8.75. The van der Waals surface area contributed by atoms with E-state index in [4.69, 9.17) is 9.47 Å². The van der Waals surface area contributed by atoms with E-state index in [0.29, 0.717) is 22.9 Å². The van der Waals surface area contributed by atoms with E-state index in [1.807, 2.05) is 6.20 Å². The van der Waals surface area contributed by atoms with Gasteiger partial charge in [0.25, 0.3) is 5.91 Å². The molecular weight excluding hydrogens is 463 g/mol. The summed E-state index contributed by atoms with van der Waals surface area (Å²) in [5, 5.41) is 4.14. The minimum absolute atomic E-state index is 0.0385. The molecule has 178 valence electrons. The molecule has 0 radical (unpaired) electrons. The van der Waals surface area contributed by atoms with Crippen molar-refractivity contribution in [3.63, 3.8) is 0 Å². The topological polar surface area (TPSA) is 82.4 Å². The number of benzene rings is 1. The molecule has 3 aromatic heterocycles. The van der Waals surface area contributed by atoms with Gasteiger partial charge >= 0.3 is 6.18 Å². The van der Waals surface area contributed by atoms with Gasteiger partial charge in [-0.15, -0.1) is 0 Å². The van der Waals surface area contributed by atoms with E-state index in [1.165, 1.54) is 18.2 Å². The van der Waals surface area contributed by atoms with Gasteiger partial charge in [0.2, 0.25) is 0 Å². The van der Waals surface area contributed by atoms with Crippen molar-refractivity contribution >= 4 is 11.7 Å². The number of hydrogen-bond donors (Lipinski definition) is 0. The Morgan fingerprint density at radius 3 is 2.69 bits per heavy atom. The molecule has 0 fully saturated rings. The lowest BCUT2D eigenvalue weighted by atomic mass is 10.1. The fraction of sp³-hybridized carbons (Fsp3) is 0.167. The van der Waals surface area contributed by atoms with Crippen LogP contribution in [0.15, 0.2) is 67.1 Å².